The molecule has 9 heteroatoms. The maximum Gasteiger partial charge on any atom is 0.408 e. The Morgan fingerprint density at radius 1 is 0.925 bits per heavy atom. The molecule has 0 aromatic heterocycles. The normalized spacial score (nSPS) is 14.2. The number of nitrogens with two attached hydrogens (primary N) is 1. The van der Waals surface area contributed by atoms with Gasteiger partial charge in [0.15, 0.2) is 0 Å². The summed E-state index contributed by atoms with van der Waals surface area (Å²) in [5, 5.41) is 5.73. The monoisotopic (exact) mass is 560 g/mol. The van der Waals surface area contributed by atoms with Crippen molar-refractivity contribution < 1.29 is 23.9 Å². The van der Waals surface area contributed by atoms with Gasteiger partial charge in [-0.25, -0.2) is 4.79 Å². The first kappa shape index (κ1) is 34.9. The molecule has 0 spiro atoms. The first-order valence-corrected chi connectivity index (χ1v) is 14.2. The van der Waals surface area contributed by atoms with Gasteiger partial charge in [0.05, 0.1) is 0 Å². The van der Waals surface area contributed by atoms with Crippen molar-refractivity contribution in [2.45, 2.75) is 131 Å². The number of carbonyl (C=O) groups excluding carboxylic acids is 4. The molecule has 9 nitrogen and oxygen atoms in total. The maximum atomic E-state index is 14.5. The van der Waals surface area contributed by atoms with Crippen molar-refractivity contribution in [2.75, 3.05) is 0 Å². The molecule has 0 fully saturated rings. The van der Waals surface area contributed by atoms with Gasteiger partial charge in [0.1, 0.15) is 17.7 Å². The molecule has 0 aliphatic carbocycles. The molecule has 0 heterocycles. The Morgan fingerprint density at radius 2 is 1.48 bits per heavy atom. The van der Waals surface area contributed by atoms with Gasteiger partial charge < -0.3 is 26.0 Å². The number of carbonyl (C=O) groups is 4. The molecule has 4 N–H and O–H groups in total. The number of alkyl carbamates (subject to hydrolysis) is 1. The van der Waals surface area contributed by atoms with Crippen LogP contribution in [0.4, 0.5) is 4.79 Å². The van der Waals surface area contributed by atoms with E-state index in [9.17, 15) is 19.2 Å². The lowest BCUT2D eigenvalue weighted by atomic mass is 9.90. The number of primary amides is 1. The summed E-state index contributed by atoms with van der Waals surface area (Å²) in [6.07, 6.45) is 0.538. The molecule has 1 rings (SSSR count). The van der Waals surface area contributed by atoms with Crippen LogP contribution in [-0.4, -0.2) is 51.9 Å². The first-order valence-electron chi connectivity index (χ1n) is 14.2. The zero-order valence-electron chi connectivity index (χ0n) is 26.4. The molecule has 3 atom stereocenters. The quantitative estimate of drug-likeness (QED) is 0.328. The Hall–Kier alpha value is -3.10. The molecule has 0 bridgehead atoms. The maximum absolute atomic E-state index is 14.5. The van der Waals surface area contributed by atoms with E-state index in [1.807, 2.05) is 59.7 Å². The Morgan fingerprint density at radius 3 is 1.93 bits per heavy atom. The molecule has 40 heavy (non-hydrogen) atoms. The van der Waals surface area contributed by atoms with Crippen LogP contribution in [0.25, 0.3) is 0 Å². The third-order valence-electron chi connectivity index (χ3n) is 6.40. The summed E-state index contributed by atoms with van der Waals surface area (Å²) in [7, 11) is 0. The summed E-state index contributed by atoms with van der Waals surface area (Å²) in [6.45, 7) is 20.8. The Bertz CT molecular complexity index is 1020. The van der Waals surface area contributed by atoms with Crippen LogP contribution in [-0.2, 0) is 19.1 Å². The van der Waals surface area contributed by atoms with Crippen LogP contribution in [0.2, 0.25) is 0 Å². The summed E-state index contributed by atoms with van der Waals surface area (Å²) >= 11 is 0. The number of hydrogen-bond donors (Lipinski definition) is 3. The van der Waals surface area contributed by atoms with Gasteiger partial charge in [-0.15, -0.1) is 0 Å². The van der Waals surface area contributed by atoms with E-state index in [0.29, 0.717) is 12.3 Å². The predicted molar refractivity (Wildman–Crippen MR) is 159 cm³/mol. The molecule has 0 aliphatic rings. The number of amides is 4. The zero-order valence-corrected chi connectivity index (χ0v) is 26.4. The fourth-order valence-corrected chi connectivity index (χ4v) is 4.58. The number of ether oxygens (including phenoxy) is 1. The lowest BCUT2D eigenvalue weighted by Crippen LogP contribution is -2.57. The largest absolute Gasteiger partial charge is 0.444 e. The van der Waals surface area contributed by atoms with Gasteiger partial charge in [-0.3, -0.25) is 14.4 Å². The summed E-state index contributed by atoms with van der Waals surface area (Å²) in [5.74, 6) is -1.01. The minimum atomic E-state index is -1.13. The van der Waals surface area contributed by atoms with Gasteiger partial charge in [0, 0.05) is 18.0 Å². The van der Waals surface area contributed by atoms with Gasteiger partial charge in [-0.05, 0) is 104 Å². The average molecular weight is 561 g/mol. The molecule has 3 unspecified atom stereocenters. The molecule has 226 valence electrons. The number of benzene rings is 1. The predicted octanol–water partition coefficient (Wildman–Crippen LogP) is 5.07. The van der Waals surface area contributed by atoms with Crippen LogP contribution >= 0.6 is 0 Å². The Kier molecular flexibility index (Phi) is 12.7. The zero-order chi connectivity index (χ0) is 31.0. The van der Waals surface area contributed by atoms with Crippen LogP contribution < -0.4 is 16.4 Å². The van der Waals surface area contributed by atoms with Gasteiger partial charge in [-0.1, -0.05) is 32.0 Å². The molecule has 0 saturated heterocycles. The van der Waals surface area contributed by atoms with Gasteiger partial charge >= 0.3 is 6.09 Å². The number of rotatable bonds is 12. The van der Waals surface area contributed by atoms with Gasteiger partial charge in [-0.2, -0.15) is 0 Å². The Balaban J connectivity index is 3.78. The second-order valence-electron chi connectivity index (χ2n) is 13.2. The SMILES string of the molecule is Cc1cccc(C)c1C(C(=O)NC(C)(C)C)N(C(=O)C(CCC(N)=O)NC(=O)OC(C)(C)C)C(C)CCC(C)C. The van der Waals surface area contributed by atoms with Crippen LogP contribution in [0.1, 0.15) is 111 Å². The highest BCUT2D eigenvalue weighted by molar-refractivity contribution is 5.93. The minimum absolute atomic E-state index is 0.0266. The van der Waals surface area contributed by atoms with Crippen LogP contribution in [0, 0.1) is 19.8 Å². The third-order valence-corrected chi connectivity index (χ3v) is 6.40. The van der Waals surface area contributed by atoms with Crippen LogP contribution in [0.15, 0.2) is 18.2 Å². The summed E-state index contributed by atoms with van der Waals surface area (Å²) in [5.41, 5.74) is 6.56. The molecule has 0 aliphatic heterocycles. The second kappa shape index (κ2) is 14.5. The summed E-state index contributed by atoms with van der Waals surface area (Å²) < 4.78 is 5.42. The van der Waals surface area contributed by atoms with Crippen molar-refractivity contribution in [3.05, 3.63) is 34.9 Å². The van der Waals surface area contributed by atoms with E-state index in [-0.39, 0.29) is 24.8 Å². The van der Waals surface area contributed by atoms with E-state index in [2.05, 4.69) is 24.5 Å². The first-order chi connectivity index (χ1) is 18.2. The van der Waals surface area contributed by atoms with E-state index in [1.54, 1.807) is 25.7 Å². The second-order valence-corrected chi connectivity index (χ2v) is 13.2. The third kappa shape index (κ3) is 11.6. The highest BCUT2D eigenvalue weighted by Gasteiger charge is 2.40. The lowest BCUT2D eigenvalue weighted by molar-refractivity contribution is -0.146. The molecular weight excluding hydrogens is 508 g/mol. The summed E-state index contributed by atoms with van der Waals surface area (Å²) in [4.78, 5) is 54.6. The van der Waals surface area contributed by atoms with Crippen molar-refractivity contribution in [3.63, 3.8) is 0 Å². The van der Waals surface area contributed by atoms with E-state index in [0.717, 1.165) is 23.1 Å². The summed E-state index contributed by atoms with van der Waals surface area (Å²) in [6, 6.07) is 3.31. The molecule has 1 aromatic carbocycles. The number of nitrogens with one attached hydrogen (secondary N) is 2. The fraction of sp³-hybridized carbons (Fsp3) is 0.677. The van der Waals surface area contributed by atoms with Crippen molar-refractivity contribution in [2.24, 2.45) is 11.7 Å². The van der Waals surface area contributed by atoms with Crippen molar-refractivity contribution in [1.29, 1.82) is 0 Å². The highest BCUT2D eigenvalue weighted by atomic mass is 16.6. The molecule has 0 radical (unpaired) electrons. The number of aryl methyl sites for hydroxylation is 2. The smallest absolute Gasteiger partial charge is 0.408 e. The van der Waals surface area contributed by atoms with Crippen LogP contribution in [0.5, 0.6) is 0 Å². The number of hydrogen-bond acceptors (Lipinski definition) is 5. The molecule has 0 saturated carbocycles. The highest BCUT2D eigenvalue weighted by Crippen LogP contribution is 2.32. The van der Waals surface area contributed by atoms with E-state index < -0.39 is 41.1 Å². The van der Waals surface area contributed by atoms with E-state index >= 15 is 0 Å². The molecule has 4 amide bonds. The lowest BCUT2D eigenvalue weighted by Gasteiger charge is -2.40. The average Bonchev–Trinajstić information content (AvgIpc) is 2.76. The standard InChI is InChI=1S/C31H52N4O5/c1-19(2)15-16-22(5)35(28(38)23(17-18-24(32)36)33-29(39)40-31(9,10)11)26(27(37)34-30(6,7)8)25-20(3)13-12-14-21(25)4/h12-14,19,22-23,26H,15-18H2,1-11H3,(H2,32,36)(H,33,39)(H,34,37). The van der Waals surface area contributed by atoms with Gasteiger partial charge in [0.25, 0.3) is 0 Å². The van der Waals surface area contributed by atoms with Crippen molar-refractivity contribution in [1.82, 2.24) is 15.5 Å². The van der Waals surface area contributed by atoms with Crippen LogP contribution in [0.3, 0.4) is 0 Å². The fourth-order valence-electron chi connectivity index (χ4n) is 4.58. The van der Waals surface area contributed by atoms with E-state index in [1.165, 1.54) is 0 Å². The molecule has 1 aromatic rings. The van der Waals surface area contributed by atoms with E-state index in [4.69, 9.17) is 10.5 Å². The van der Waals surface area contributed by atoms with Gasteiger partial charge in [0.2, 0.25) is 17.7 Å². The van der Waals surface area contributed by atoms with Crippen molar-refractivity contribution >= 4 is 23.8 Å². The Labute approximate surface area is 241 Å². The molecular formula is C31H52N4O5. The number of nitrogens with zero attached hydrogens (tertiary/aromatic N) is 1. The minimum Gasteiger partial charge on any atom is -0.444 e. The van der Waals surface area contributed by atoms with Crippen molar-refractivity contribution in [3.8, 4) is 0 Å². The topological polar surface area (TPSA) is 131 Å².